The van der Waals surface area contributed by atoms with Crippen molar-refractivity contribution >= 4 is 23.1 Å². The molecule has 0 aliphatic carbocycles. The number of amides is 1. The Balaban J connectivity index is 2.07. The Bertz CT molecular complexity index is 793. The first-order valence-electron chi connectivity index (χ1n) is 7.45. The van der Waals surface area contributed by atoms with Gasteiger partial charge in [0, 0.05) is 17.7 Å². The minimum Gasteiger partial charge on any atom is -0.324 e. The molecule has 0 unspecified atom stereocenters. The van der Waals surface area contributed by atoms with Crippen LogP contribution < -0.4 is 5.32 Å². The van der Waals surface area contributed by atoms with Crippen LogP contribution in [0.3, 0.4) is 0 Å². The molecular formula is C16H18N4O4. The molecule has 0 saturated carbocycles. The lowest BCUT2D eigenvalue weighted by Gasteiger charge is -2.07. The summed E-state index contributed by atoms with van der Waals surface area (Å²) in [6.45, 7) is 4.74. The van der Waals surface area contributed by atoms with Crippen LogP contribution in [0.4, 0.5) is 11.4 Å². The van der Waals surface area contributed by atoms with Gasteiger partial charge in [-0.05, 0) is 38.1 Å². The Kier molecular flexibility index (Phi) is 5.08. The summed E-state index contributed by atoms with van der Waals surface area (Å²) in [6.07, 6.45) is 0.419. The van der Waals surface area contributed by atoms with Crippen LogP contribution in [-0.2, 0) is 11.3 Å². The third-order valence-electron chi connectivity index (χ3n) is 3.63. The zero-order chi connectivity index (χ0) is 17.9. The van der Waals surface area contributed by atoms with E-state index in [0.717, 1.165) is 0 Å². The van der Waals surface area contributed by atoms with Crippen LogP contribution >= 0.6 is 0 Å². The zero-order valence-electron chi connectivity index (χ0n) is 13.7. The Morgan fingerprint density at radius 2 is 1.88 bits per heavy atom. The molecule has 1 amide bonds. The zero-order valence-corrected chi connectivity index (χ0v) is 13.7. The van der Waals surface area contributed by atoms with Gasteiger partial charge in [-0.25, -0.2) is 0 Å². The molecule has 1 aromatic heterocycles. The van der Waals surface area contributed by atoms with Crippen molar-refractivity contribution in [1.29, 1.82) is 0 Å². The van der Waals surface area contributed by atoms with Crippen LogP contribution in [0.15, 0.2) is 24.3 Å². The maximum Gasteiger partial charge on any atom is 0.312 e. The molecule has 126 valence electrons. The fourth-order valence-electron chi connectivity index (χ4n) is 2.39. The summed E-state index contributed by atoms with van der Waals surface area (Å²) in [5.74, 6) is -0.326. The van der Waals surface area contributed by atoms with E-state index < -0.39 is 4.92 Å². The summed E-state index contributed by atoms with van der Waals surface area (Å²) < 4.78 is 1.30. The molecule has 0 bridgehead atoms. The summed E-state index contributed by atoms with van der Waals surface area (Å²) >= 11 is 0. The molecule has 0 aliphatic rings. The number of carbonyl (C=O) groups excluding carboxylic acids is 2. The average molecular weight is 330 g/mol. The number of nitrogens with zero attached hydrogens (tertiary/aromatic N) is 3. The molecule has 0 fully saturated rings. The number of aryl methyl sites for hydroxylation is 1. The van der Waals surface area contributed by atoms with Crippen molar-refractivity contribution in [3.05, 3.63) is 51.3 Å². The van der Waals surface area contributed by atoms with Crippen LogP contribution in [0.5, 0.6) is 0 Å². The summed E-state index contributed by atoms with van der Waals surface area (Å²) in [6, 6.07) is 6.58. The van der Waals surface area contributed by atoms with Crippen molar-refractivity contribution in [3.63, 3.8) is 0 Å². The van der Waals surface area contributed by atoms with Gasteiger partial charge in [-0.15, -0.1) is 0 Å². The van der Waals surface area contributed by atoms with E-state index in [1.54, 1.807) is 38.1 Å². The highest BCUT2D eigenvalue weighted by Gasteiger charge is 2.22. The van der Waals surface area contributed by atoms with E-state index in [0.29, 0.717) is 23.4 Å². The Hall–Kier alpha value is -3.03. The second-order valence-corrected chi connectivity index (χ2v) is 5.34. The third kappa shape index (κ3) is 3.65. The van der Waals surface area contributed by atoms with Crippen LogP contribution in [0.2, 0.25) is 0 Å². The topological polar surface area (TPSA) is 107 Å². The number of aromatic nitrogens is 2. The molecule has 8 nitrogen and oxygen atoms in total. The van der Waals surface area contributed by atoms with E-state index in [9.17, 15) is 19.7 Å². The molecular weight excluding hydrogens is 312 g/mol. The first-order valence-corrected chi connectivity index (χ1v) is 7.45. The highest BCUT2D eigenvalue weighted by Crippen LogP contribution is 2.21. The number of hydrogen-bond acceptors (Lipinski definition) is 5. The van der Waals surface area contributed by atoms with E-state index in [2.05, 4.69) is 10.4 Å². The van der Waals surface area contributed by atoms with Gasteiger partial charge in [0.2, 0.25) is 5.91 Å². The standard InChI is InChI=1S/C16H18N4O4/c1-4-14(21)12-5-7-13(8-6-12)17-15(22)9-19-11(3)16(20(23)24)10(2)18-19/h5-8H,4,9H2,1-3H3,(H,17,22). The van der Waals surface area contributed by atoms with E-state index >= 15 is 0 Å². The Labute approximate surface area is 138 Å². The number of rotatable bonds is 6. The molecule has 0 spiro atoms. The maximum absolute atomic E-state index is 12.1. The number of nitrogens with one attached hydrogen (secondary N) is 1. The number of hydrogen-bond donors (Lipinski definition) is 1. The monoisotopic (exact) mass is 330 g/mol. The minimum atomic E-state index is -0.504. The number of benzene rings is 1. The number of carbonyl (C=O) groups is 2. The fourth-order valence-corrected chi connectivity index (χ4v) is 2.39. The molecule has 2 rings (SSSR count). The highest BCUT2D eigenvalue weighted by molar-refractivity contribution is 5.97. The number of anilines is 1. The molecule has 2 aromatic rings. The lowest BCUT2D eigenvalue weighted by Crippen LogP contribution is -2.20. The number of Topliss-reactive ketones (excluding diaryl/α,β-unsaturated/α-hetero) is 1. The summed E-state index contributed by atoms with van der Waals surface area (Å²) in [4.78, 5) is 34.1. The van der Waals surface area contributed by atoms with E-state index in [-0.39, 0.29) is 29.6 Å². The molecule has 1 aromatic carbocycles. The minimum absolute atomic E-state index is 0.0304. The lowest BCUT2D eigenvalue weighted by molar-refractivity contribution is -0.386. The van der Waals surface area contributed by atoms with Gasteiger partial charge in [0.15, 0.2) is 5.78 Å². The van der Waals surface area contributed by atoms with Gasteiger partial charge >= 0.3 is 5.69 Å². The van der Waals surface area contributed by atoms with Crippen molar-refractivity contribution in [2.45, 2.75) is 33.7 Å². The van der Waals surface area contributed by atoms with Crippen LogP contribution in [-0.4, -0.2) is 26.4 Å². The largest absolute Gasteiger partial charge is 0.324 e. The Morgan fingerprint density at radius 1 is 1.25 bits per heavy atom. The lowest BCUT2D eigenvalue weighted by atomic mass is 10.1. The third-order valence-corrected chi connectivity index (χ3v) is 3.63. The van der Waals surface area contributed by atoms with Crippen molar-refractivity contribution in [2.24, 2.45) is 0 Å². The molecule has 8 heteroatoms. The second-order valence-electron chi connectivity index (χ2n) is 5.34. The van der Waals surface area contributed by atoms with Crippen molar-refractivity contribution in [3.8, 4) is 0 Å². The average Bonchev–Trinajstić information content (AvgIpc) is 2.81. The molecule has 0 atom stereocenters. The van der Waals surface area contributed by atoms with Crippen LogP contribution in [0.1, 0.15) is 35.1 Å². The van der Waals surface area contributed by atoms with Crippen LogP contribution in [0.25, 0.3) is 0 Å². The van der Waals surface area contributed by atoms with Crippen molar-refractivity contribution in [1.82, 2.24) is 9.78 Å². The molecule has 1 heterocycles. The fraction of sp³-hybridized carbons (Fsp3) is 0.312. The van der Waals surface area contributed by atoms with Gasteiger partial charge in [-0.3, -0.25) is 24.4 Å². The number of nitro groups is 1. The van der Waals surface area contributed by atoms with Crippen LogP contribution in [0, 0.1) is 24.0 Å². The quantitative estimate of drug-likeness (QED) is 0.498. The molecule has 1 N–H and O–H groups in total. The van der Waals surface area contributed by atoms with E-state index in [4.69, 9.17) is 0 Å². The van der Waals surface area contributed by atoms with Gasteiger partial charge in [-0.1, -0.05) is 6.92 Å². The van der Waals surface area contributed by atoms with E-state index in [1.807, 2.05) is 0 Å². The SMILES string of the molecule is CCC(=O)c1ccc(NC(=O)Cn2nc(C)c([N+](=O)[O-])c2C)cc1. The van der Waals surface area contributed by atoms with Crippen molar-refractivity contribution in [2.75, 3.05) is 5.32 Å². The van der Waals surface area contributed by atoms with Gasteiger partial charge in [0.05, 0.1) is 4.92 Å². The van der Waals surface area contributed by atoms with Gasteiger partial charge in [0.1, 0.15) is 17.9 Å². The predicted octanol–water partition coefficient (Wildman–Crippen LogP) is 2.64. The van der Waals surface area contributed by atoms with Crippen molar-refractivity contribution < 1.29 is 14.5 Å². The van der Waals surface area contributed by atoms with Gasteiger partial charge in [-0.2, -0.15) is 5.10 Å². The highest BCUT2D eigenvalue weighted by atomic mass is 16.6. The molecule has 0 radical (unpaired) electrons. The Morgan fingerprint density at radius 3 is 2.38 bits per heavy atom. The molecule has 24 heavy (non-hydrogen) atoms. The second kappa shape index (κ2) is 7.03. The number of ketones is 1. The molecule has 0 saturated heterocycles. The normalized spacial score (nSPS) is 10.5. The van der Waals surface area contributed by atoms with Gasteiger partial charge < -0.3 is 5.32 Å². The first-order chi connectivity index (χ1) is 11.3. The predicted molar refractivity (Wildman–Crippen MR) is 88.0 cm³/mol. The summed E-state index contributed by atoms with van der Waals surface area (Å²) in [5, 5.41) is 17.7. The summed E-state index contributed by atoms with van der Waals surface area (Å²) in [5.41, 5.74) is 1.66. The van der Waals surface area contributed by atoms with Gasteiger partial charge in [0.25, 0.3) is 0 Å². The smallest absolute Gasteiger partial charge is 0.312 e. The van der Waals surface area contributed by atoms with E-state index in [1.165, 1.54) is 11.6 Å². The first kappa shape index (κ1) is 17.3. The molecule has 0 aliphatic heterocycles. The summed E-state index contributed by atoms with van der Waals surface area (Å²) in [7, 11) is 0. The maximum atomic E-state index is 12.1.